The van der Waals surface area contributed by atoms with Crippen molar-refractivity contribution in [1.29, 1.82) is 0 Å². The SMILES string of the molecule is Cc1c[c]ccc1[S+](C)[O-]. The third kappa shape index (κ3) is 1.52. The molecule has 0 aliphatic rings. The molecule has 1 nitrogen and oxygen atoms in total. The van der Waals surface area contributed by atoms with E-state index in [9.17, 15) is 4.55 Å². The molecule has 1 aromatic carbocycles. The van der Waals surface area contributed by atoms with Gasteiger partial charge in [0, 0.05) is 5.56 Å². The molecule has 10 heavy (non-hydrogen) atoms. The van der Waals surface area contributed by atoms with Gasteiger partial charge in [-0.15, -0.1) is 0 Å². The largest absolute Gasteiger partial charge is 0.612 e. The Morgan fingerprint density at radius 1 is 1.60 bits per heavy atom. The summed E-state index contributed by atoms with van der Waals surface area (Å²) >= 11 is -0.861. The summed E-state index contributed by atoms with van der Waals surface area (Å²) in [5.74, 6) is 0. The second-order valence-corrected chi connectivity index (χ2v) is 3.49. The zero-order valence-electron chi connectivity index (χ0n) is 6.05. The minimum absolute atomic E-state index is 0.861. The van der Waals surface area contributed by atoms with Crippen LogP contribution in [0.15, 0.2) is 23.1 Å². The number of hydrogen-bond donors (Lipinski definition) is 0. The first-order chi connectivity index (χ1) is 4.72. The number of hydrogen-bond acceptors (Lipinski definition) is 1. The lowest BCUT2D eigenvalue weighted by Gasteiger charge is -2.05. The smallest absolute Gasteiger partial charge is 0.155 e. The molecule has 0 spiro atoms. The van der Waals surface area contributed by atoms with Crippen LogP contribution in [0, 0.1) is 13.0 Å². The molecule has 0 aliphatic carbocycles. The molecular weight excluding hydrogens is 144 g/mol. The Hall–Kier alpha value is -0.470. The van der Waals surface area contributed by atoms with Crippen LogP contribution in [-0.2, 0) is 11.2 Å². The van der Waals surface area contributed by atoms with Crippen molar-refractivity contribution in [1.82, 2.24) is 0 Å². The molecule has 1 radical (unpaired) electrons. The predicted molar refractivity (Wildman–Crippen MR) is 42.3 cm³/mol. The topological polar surface area (TPSA) is 23.1 Å². The van der Waals surface area contributed by atoms with Gasteiger partial charge in [0.1, 0.15) is 6.26 Å². The van der Waals surface area contributed by atoms with E-state index >= 15 is 0 Å². The standard InChI is InChI=1S/C8H9OS/c1-7-5-3-4-6-8(7)10(2)9/h4-6H,1-2H3. The molecule has 0 N–H and O–H groups in total. The molecule has 0 fully saturated rings. The van der Waals surface area contributed by atoms with E-state index in [1.54, 1.807) is 12.3 Å². The third-order valence-electron chi connectivity index (χ3n) is 1.33. The fourth-order valence-electron chi connectivity index (χ4n) is 0.822. The fraction of sp³-hybridized carbons (Fsp3) is 0.250. The first-order valence-electron chi connectivity index (χ1n) is 3.02. The maximum absolute atomic E-state index is 11.0. The van der Waals surface area contributed by atoms with Crippen LogP contribution in [0.25, 0.3) is 0 Å². The molecule has 0 bridgehead atoms. The first kappa shape index (κ1) is 7.63. The van der Waals surface area contributed by atoms with Crippen LogP contribution in [0.3, 0.4) is 0 Å². The lowest BCUT2D eigenvalue weighted by Crippen LogP contribution is -1.98. The van der Waals surface area contributed by atoms with Gasteiger partial charge in [-0.3, -0.25) is 0 Å². The second kappa shape index (κ2) is 3.08. The van der Waals surface area contributed by atoms with Gasteiger partial charge >= 0.3 is 0 Å². The second-order valence-electron chi connectivity index (χ2n) is 2.15. The summed E-state index contributed by atoms with van der Waals surface area (Å²) in [7, 11) is 0. The van der Waals surface area contributed by atoms with Crippen molar-refractivity contribution in [2.24, 2.45) is 0 Å². The molecule has 0 saturated heterocycles. The van der Waals surface area contributed by atoms with Gasteiger partial charge in [0.25, 0.3) is 0 Å². The van der Waals surface area contributed by atoms with Crippen LogP contribution in [0.4, 0.5) is 0 Å². The highest BCUT2D eigenvalue weighted by atomic mass is 32.2. The summed E-state index contributed by atoms with van der Waals surface area (Å²) in [5, 5.41) is 0. The van der Waals surface area contributed by atoms with Crippen LogP contribution in [0.5, 0.6) is 0 Å². The van der Waals surface area contributed by atoms with Crippen molar-refractivity contribution in [3.63, 3.8) is 0 Å². The molecule has 0 heterocycles. The minimum Gasteiger partial charge on any atom is -0.612 e. The quantitative estimate of drug-likeness (QED) is 0.561. The normalized spacial score (nSPS) is 13.1. The molecule has 0 aromatic heterocycles. The van der Waals surface area contributed by atoms with Gasteiger partial charge in [0.15, 0.2) is 4.90 Å². The summed E-state index contributed by atoms with van der Waals surface area (Å²) in [6, 6.07) is 8.39. The zero-order chi connectivity index (χ0) is 7.56. The first-order valence-corrected chi connectivity index (χ1v) is 4.58. The van der Waals surface area contributed by atoms with Crippen molar-refractivity contribution in [3.8, 4) is 0 Å². The third-order valence-corrected chi connectivity index (χ3v) is 2.41. The molecule has 0 saturated carbocycles. The average Bonchev–Trinajstić information content (AvgIpc) is 1.88. The molecule has 1 aromatic rings. The Kier molecular flexibility index (Phi) is 2.35. The Labute approximate surface area is 64.3 Å². The summed E-state index contributed by atoms with van der Waals surface area (Å²) in [4.78, 5) is 0.902. The van der Waals surface area contributed by atoms with Crippen molar-refractivity contribution in [3.05, 3.63) is 29.8 Å². The van der Waals surface area contributed by atoms with Crippen LogP contribution in [0.1, 0.15) is 5.56 Å². The maximum Gasteiger partial charge on any atom is 0.155 e. The van der Waals surface area contributed by atoms with Crippen molar-refractivity contribution < 1.29 is 4.55 Å². The Bertz CT molecular complexity index is 220. The van der Waals surface area contributed by atoms with Crippen molar-refractivity contribution >= 4 is 11.2 Å². The van der Waals surface area contributed by atoms with Gasteiger partial charge in [-0.25, -0.2) is 0 Å². The van der Waals surface area contributed by atoms with E-state index in [0.717, 1.165) is 10.5 Å². The van der Waals surface area contributed by atoms with E-state index in [1.807, 2.05) is 19.1 Å². The molecule has 2 heteroatoms. The predicted octanol–water partition coefficient (Wildman–Crippen LogP) is 1.53. The Morgan fingerprint density at radius 2 is 2.30 bits per heavy atom. The van der Waals surface area contributed by atoms with Crippen molar-refractivity contribution in [2.75, 3.05) is 6.26 Å². The van der Waals surface area contributed by atoms with Crippen LogP contribution in [0.2, 0.25) is 0 Å². The van der Waals surface area contributed by atoms with Gasteiger partial charge in [-0.05, 0) is 42.4 Å². The van der Waals surface area contributed by atoms with Crippen molar-refractivity contribution in [2.45, 2.75) is 11.8 Å². The summed E-state index contributed by atoms with van der Waals surface area (Å²) in [6.45, 7) is 1.94. The highest BCUT2D eigenvalue weighted by Gasteiger charge is 2.05. The summed E-state index contributed by atoms with van der Waals surface area (Å²) in [5.41, 5.74) is 1.04. The van der Waals surface area contributed by atoms with E-state index < -0.39 is 11.2 Å². The van der Waals surface area contributed by atoms with Crippen LogP contribution < -0.4 is 0 Å². The van der Waals surface area contributed by atoms with E-state index in [1.165, 1.54) is 0 Å². The molecule has 1 unspecified atom stereocenters. The van der Waals surface area contributed by atoms with Gasteiger partial charge in [-0.2, -0.15) is 0 Å². The molecule has 0 aliphatic heterocycles. The molecule has 0 amide bonds. The highest BCUT2D eigenvalue weighted by molar-refractivity contribution is 7.90. The van der Waals surface area contributed by atoms with Gasteiger partial charge in [0.05, 0.1) is 0 Å². The maximum atomic E-state index is 11.0. The monoisotopic (exact) mass is 153 g/mol. The van der Waals surface area contributed by atoms with E-state index in [0.29, 0.717) is 0 Å². The van der Waals surface area contributed by atoms with E-state index in [-0.39, 0.29) is 0 Å². The zero-order valence-corrected chi connectivity index (χ0v) is 6.87. The van der Waals surface area contributed by atoms with Crippen LogP contribution in [-0.4, -0.2) is 10.8 Å². The number of aryl methyl sites for hydroxylation is 1. The molecular formula is C8H9OS. The van der Waals surface area contributed by atoms with E-state index in [4.69, 9.17) is 0 Å². The van der Waals surface area contributed by atoms with Crippen LogP contribution >= 0.6 is 0 Å². The summed E-state index contributed by atoms with van der Waals surface area (Å²) in [6.07, 6.45) is 1.68. The van der Waals surface area contributed by atoms with Gasteiger partial charge in [0.2, 0.25) is 0 Å². The average molecular weight is 153 g/mol. The highest BCUT2D eigenvalue weighted by Crippen LogP contribution is 2.12. The molecule has 1 atom stereocenters. The lowest BCUT2D eigenvalue weighted by molar-refractivity contribution is 0.600. The molecule has 1 rings (SSSR count). The van der Waals surface area contributed by atoms with E-state index in [2.05, 4.69) is 6.07 Å². The Balaban J connectivity index is 3.03. The Morgan fingerprint density at radius 3 is 2.70 bits per heavy atom. The summed E-state index contributed by atoms with van der Waals surface area (Å²) < 4.78 is 11.0. The van der Waals surface area contributed by atoms with Gasteiger partial charge < -0.3 is 4.55 Å². The minimum atomic E-state index is -0.861. The number of rotatable bonds is 1. The fourth-order valence-corrected chi connectivity index (χ4v) is 1.59. The number of benzene rings is 1. The lowest BCUT2D eigenvalue weighted by atomic mass is 10.2. The molecule has 53 valence electrons. The van der Waals surface area contributed by atoms with Gasteiger partial charge in [-0.1, -0.05) is 0 Å².